The minimum Gasteiger partial charge on any atom is -0.479 e. The maximum absolute atomic E-state index is 14.9. The van der Waals surface area contributed by atoms with Crippen molar-refractivity contribution in [3.05, 3.63) is 47.5 Å². The molecule has 166 valence electrons. The molecule has 0 bridgehead atoms. The molecule has 0 fully saturated rings. The number of aromatic nitrogens is 3. The quantitative estimate of drug-likeness (QED) is 0.583. The number of carbonyl (C=O) groups excluding carboxylic acids is 1. The Bertz CT molecular complexity index is 1320. The first kappa shape index (κ1) is 20.4. The Morgan fingerprint density at radius 1 is 1.31 bits per heavy atom. The third-order valence-corrected chi connectivity index (χ3v) is 6.62. The highest BCUT2D eigenvalue weighted by molar-refractivity contribution is 7.75. The molecule has 5 rings (SSSR count). The second-order valence-corrected chi connectivity index (χ2v) is 8.60. The van der Waals surface area contributed by atoms with Crippen LogP contribution in [0.25, 0.3) is 11.1 Å². The molecule has 2 aliphatic rings. The Hall–Kier alpha value is -3.47. The first-order chi connectivity index (χ1) is 15.6. The molecule has 9 nitrogen and oxygen atoms in total. The highest BCUT2D eigenvalue weighted by atomic mass is 32.2. The van der Waals surface area contributed by atoms with Gasteiger partial charge < -0.3 is 14.8 Å². The van der Waals surface area contributed by atoms with Gasteiger partial charge in [0.1, 0.15) is 4.90 Å². The van der Waals surface area contributed by atoms with Crippen molar-refractivity contribution in [3.63, 3.8) is 0 Å². The molecule has 32 heavy (non-hydrogen) atoms. The van der Waals surface area contributed by atoms with Crippen LogP contribution in [-0.2, 0) is 30.0 Å². The number of benzene rings is 1. The lowest BCUT2D eigenvalue weighted by molar-refractivity contribution is 0.225. The lowest BCUT2D eigenvalue weighted by Crippen LogP contribution is -2.17. The largest absolute Gasteiger partial charge is 0.479 e. The zero-order chi connectivity index (χ0) is 22.2. The molecule has 0 saturated heterocycles. The number of anilines is 1. The van der Waals surface area contributed by atoms with Gasteiger partial charge in [0.2, 0.25) is 5.88 Å². The van der Waals surface area contributed by atoms with E-state index in [9.17, 15) is 13.4 Å². The lowest BCUT2D eigenvalue weighted by Gasteiger charge is -2.25. The molecule has 1 aromatic carbocycles. The number of carbonyl (C=O) groups is 1. The third-order valence-electron chi connectivity index (χ3n) is 5.54. The summed E-state index contributed by atoms with van der Waals surface area (Å²) >= 11 is 0. The van der Waals surface area contributed by atoms with E-state index >= 15 is 0 Å². The fraction of sp³-hybridized carbons (Fsp3) is 0.286. The zero-order valence-electron chi connectivity index (χ0n) is 17.2. The molecule has 1 unspecified atom stereocenters. The van der Waals surface area contributed by atoms with Gasteiger partial charge in [-0.1, -0.05) is 12.1 Å². The molecule has 3 heterocycles. The number of pyridine rings is 1. The predicted octanol–water partition coefficient (Wildman–Crippen LogP) is 3.23. The SMILES string of the molecule is COc1nccc(-c2ccc3c(c2NC(=O)N=[SH](=O)c2cnn4c2OCCC4)CC3)c1F. The summed E-state index contributed by atoms with van der Waals surface area (Å²) in [5.41, 5.74) is 3.14. The average molecular weight is 457 g/mol. The Morgan fingerprint density at radius 3 is 2.97 bits per heavy atom. The molecule has 1 atom stereocenters. The van der Waals surface area contributed by atoms with Crippen molar-refractivity contribution < 1.29 is 22.9 Å². The second kappa shape index (κ2) is 8.23. The minimum absolute atomic E-state index is 0.138. The van der Waals surface area contributed by atoms with Gasteiger partial charge in [0.25, 0.3) is 5.88 Å². The summed E-state index contributed by atoms with van der Waals surface area (Å²) in [6.07, 6.45) is 5.26. The van der Waals surface area contributed by atoms with Gasteiger partial charge in [0.05, 0.1) is 36.2 Å². The van der Waals surface area contributed by atoms with Gasteiger partial charge in [-0.3, -0.25) is 0 Å². The molecule has 11 heteroatoms. The summed E-state index contributed by atoms with van der Waals surface area (Å²) in [7, 11) is -1.08. The minimum atomic E-state index is -2.42. The fourth-order valence-electron chi connectivity index (χ4n) is 3.89. The van der Waals surface area contributed by atoms with Crippen LogP contribution in [0.3, 0.4) is 0 Å². The monoisotopic (exact) mass is 457 g/mol. The first-order valence-electron chi connectivity index (χ1n) is 10.1. The van der Waals surface area contributed by atoms with Gasteiger partial charge in [-0.05, 0) is 30.0 Å². The molecule has 1 aliphatic heterocycles. The van der Waals surface area contributed by atoms with Crippen molar-refractivity contribution in [1.29, 1.82) is 0 Å². The number of amides is 2. The van der Waals surface area contributed by atoms with E-state index in [1.807, 2.05) is 6.07 Å². The number of thiol groups is 1. The molecule has 2 amide bonds. The van der Waals surface area contributed by atoms with Crippen molar-refractivity contribution in [3.8, 4) is 22.9 Å². The number of fused-ring (bicyclic) bond motifs is 2. The van der Waals surface area contributed by atoms with Crippen molar-refractivity contribution in [2.45, 2.75) is 30.7 Å². The molecule has 3 aromatic rings. The van der Waals surface area contributed by atoms with Crippen molar-refractivity contribution in [2.75, 3.05) is 19.0 Å². The van der Waals surface area contributed by atoms with Crippen molar-refractivity contribution in [2.24, 2.45) is 4.36 Å². The summed E-state index contributed by atoms with van der Waals surface area (Å²) in [4.78, 5) is 16.9. The number of halogens is 1. The predicted molar refractivity (Wildman–Crippen MR) is 115 cm³/mol. The molecule has 0 saturated carbocycles. The van der Waals surface area contributed by atoms with Crippen LogP contribution in [0.4, 0.5) is 14.9 Å². The molecule has 2 aromatic heterocycles. The summed E-state index contributed by atoms with van der Waals surface area (Å²) in [5, 5.41) is 6.86. The number of aryl methyl sites for hydroxylation is 2. The van der Waals surface area contributed by atoms with E-state index in [2.05, 4.69) is 19.8 Å². The maximum atomic E-state index is 14.9. The van der Waals surface area contributed by atoms with Gasteiger partial charge in [0.15, 0.2) is 5.82 Å². The maximum Gasteiger partial charge on any atom is 0.353 e. The number of rotatable bonds is 4. The Balaban J connectivity index is 1.49. The van der Waals surface area contributed by atoms with Crippen LogP contribution in [0.5, 0.6) is 11.8 Å². The fourth-order valence-corrected chi connectivity index (χ4v) is 4.71. The lowest BCUT2D eigenvalue weighted by atomic mass is 9.84. The van der Waals surface area contributed by atoms with Crippen LogP contribution < -0.4 is 14.8 Å². The van der Waals surface area contributed by atoms with E-state index in [4.69, 9.17) is 9.47 Å². The van der Waals surface area contributed by atoms with E-state index in [0.717, 1.165) is 30.4 Å². The van der Waals surface area contributed by atoms with Crippen LogP contribution >= 0.6 is 0 Å². The van der Waals surface area contributed by atoms with Crippen LogP contribution in [0, 0.1) is 5.82 Å². The number of ether oxygens (including phenoxy) is 2. The molecule has 1 N–H and O–H groups in total. The van der Waals surface area contributed by atoms with Crippen LogP contribution in [-0.4, -0.2) is 38.7 Å². The highest BCUT2D eigenvalue weighted by Gasteiger charge is 2.25. The zero-order valence-corrected chi connectivity index (χ0v) is 18.1. The first-order valence-corrected chi connectivity index (χ1v) is 11.3. The smallest absolute Gasteiger partial charge is 0.353 e. The number of nitrogens with one attached hydrogen (secondary N) is 1. The van der Waals surface area contributed by atoms with E-state index in [1.54, 1.807) is 10.7 Å². The van der Waals surface area contributed by atoms with Gasteiger partial charge >= 0.3 is 6.03 Å². The summed E-state index contributed by atoms with van der Waals surface area (Å²) in [5.74, 6) is -0.387. The molecule has 0 spiro atoms. The van der Waals surface area contributed by atoms with E-state index in [-0.39, 0.29) is 16.3 Å². The van der Waals surface area contributed by atoms with Crippen LogP contribution in [0.1, 0.15) is 17.5 Å². The van der Waals surface area contributed by atoms with Gasteiger partial charge in [-0.2, -0.15) is 5.10 Å². The summed E-state index contributed by atoms with van der Waals surface area (Å²) in [6, 6.07) is 4.38. The van der Waals surface area contributed by atoms with Crippen molar-refractivity contribution in [1.82, 2.24) is 14.8 Å². The number of urea groups is 1. The average Bonchev–Trinajstić information content (AvgIpc) is 3.20. The third kappa shape index (κ3) is 3.48. The highest BCUT2D eigenvalue weighted by Crippen LogP contribution is 2.40. The summed E-state index contributed by atoms with van der Waals surface area (Å²) < 4.78 is 43.6. The molecule has 1 aliphatic carbocycles. The second-order valence-electron chi connectivity index (χ2n) is 7.37. The Kier molecular flexibility index (Phi) is 5.25. The topological polar surface area (TPSA) is 108 Å². The van der Waals surface area contributed by atoms with Gasteiger partial charge in [-0.15, -0.1) is 4.36 Å². The summed E-state index contributed by atoms with van der Waals surface area (Å²) in [6.45, 7) is 1.15. The number of hydrogen-bond donors (Lipinski definition) is 2. The number of methoxy groups -OCH3 is 1. The molecular weight excluding hydrogens is 437 g/mol. The molecular formula is C21H20FN5O4S. The van der Waals surface area contributed by atoms with E-state index in [0.29, 0.717) is 30.3 Å². The van der Waals surface area contributed by atoms with E-state index in [1.165, 1.54) is 25.6 Å². The Morgan fingerprint density at radius 2 is 2.19 bits per heavy atom. The van der Waals surface area contributed by atoms with Gasteiger partial charge in [0, 0.05) is 30.3 Å². The van der Waals surface area contributed by atoms with Crippen LogP contribution in [0.15, 0.2) is 39.9 Å². The normalized spacial score (nSPS) is 15.2. The van der Waals surface area contributed by atoms with Gasteiger partial charge in [-0.25, -0.2) is 23.1 Å². The molecule has 0 radical (unpaired) electrons. The van der Waals surface area contributed by atoms with E-state index < -0.39 is 22.4 Å². The number of nitrogens with zero attached hydrogens (tertiary/aromatic N) is 4. The standard InChI is InChI=1S/C21H20FN5O4S/c1-30-19-17(22)14(7-8-23-19)15-6-4-12-3-5-13(12)18(15)25-21(28)26-32(29)16-11-24-27-9-2-10-31-20(16)27/h4,6-8,11,32H,2-3,5,9-10H2,1H3,(H,25,28). The van der Waals surface area contributed by atoms with Crippen molar-refractivity contribution >= 4 is 22.3 Å². The Labute approximate surface area is 184 Å². The number of hydrogen-bond acceptors (Lipinski definition) is 6. The van der Waals surface area contributed by atoms with Crippen LogP contribution in [0.2, 0.25) is 0 Å².